The first-order valence-electron chi connectivity index (χ1n) is 12.3. The number of aliphatic hydroxyl groups is 3. The zero-order chi connectivity index (χ0) is 23.5. The second kappa shape index (κ2) is 7.85. The fraction of sp³-hybridized carbons (Fsp3) is 0.714. The number of fused-ring (bicyclic) bond motifs is 5. The maximum Gasteiger partial charge on any atom is 0.124 e. The van der Waals surface area contributed by atoms with Crippen molar-refractivity contribution in [2.24, 2.45) is 22.7 Å². The molecular formula is C28H42O4. The molecule has 0 spiro atoms. The van der Waals surface area contributed by atoms with Gasteiger partial charge >= 0.3 is 0 Å². The Morgan fingerprint density at radius 1 is 1.12 bits per heavy atom. The van der Waals surface area contributed by atoms with Gasteiger partial charge in [0.2, 0.25) is 0 Å². The van der Waals surface area contributed by atoms with Crippen molar-refractivity contribution in [1.82, 2.24) is 0 Å². The molecule has 4 aliphatic rings. The molecule has 0 heterocycles. The van der Waals surface area contributed by atoms with Gasteiger partial charge in [-0.15, -0.1) is 0 Å². The fourth-order valence-corrected chi connectivity index (χ4v) is 7.19. The predicted molar refractivity (Wildman–Crippen MR) is 128 cm³/mol. The Bertz CT molecular complexity index is 870. The minimum absolute atomic E-state index is 0.0385. The molecule has 2 saturated carbocycles. The highest BCUT2D eigenvalue weighted by molar-refractivity contribution is 5.44. The standard InChI is InChI=1S/C28H42O4/c1-25(2,31)13-7-15-32-26(3,4)23-11-10-21-20-9-8-18-16-19(29)17-24(30)28(18,6)22(20)12-14-27(21,23)5/h7-9,11,15,19,21-22,24,29-31H,10,12-14,16-17H2,1-6H3/b15-7+/t19-,21+,22+,24+,27+,28+/m1/s1. The zero-order valence-electron chi connectivity index (χ0n) is 20.7. The maximum absolute atomic E-state index is 11.1. The van der Waals surface area contributed by atoms with Crippen LogP contribution in [-0.2, 0) is 4.74 Å². The molecule has 0 aliphatic heterocycles. The molecule has 0 saturated heterocycles. The van der Waals surface area contributed by atoms with Crippen molar-refractivity contribution < 1.29 is 20.1 Å². The molecule has 4 heteroatoms. The molecule has 0 aromatic rings. The predicted octanol–water partition coefficient (Wildman–Crippen LogP) is 5.21. The SMILES string of the molecule is CC(C)(O)C/C=C/OC(C)(C)C1=CC[C@H]2C3=CC=C4C[C@@H](O)C[C@H](O)[C@]4(C)[C@H]3CC[C@]12C. The van der Waals surface area contributed by atoms with Gasteiger partial charge in [0.1, 0.15) is 5.60 Å². The van der Waals surface area contributed by atoms with Crippen molar-refractivity contribution in [2.45, 2.75) is 103 Å². The van der Waals surface area contributed by atoms with Gasteiger partial charge in [-0.05, 0) is 88.7 Å². The van der Waals surface area contributed by atoms with Crippen LogP contribution in [0.25, 0.3) is 0 Å². The van der Waals surface area contributed by atoms with Crippen LogP contribution in [0.5, 0.6) is 0 Å². The summed E-state index contributed by atoms with van der Waals surface area (Å²) in [5.41, 5.74) is 2.67. The van der Waals surface area contributed by atoms with Crippen LogP contribution >= 0.6 is 0 Å². The minimum Gasteiger partial charge on any atom is -0.491 e. The molecule has 0 bridgehead atoms. The highest BCUT2D eigenvalue weighted by Crippen LogP contribution is 2.64. The number of ether oxygens (including phenoxy) is 1. The normalized spacial score (nSPS) is 39.6. The lowest BCUT2D eigenvalue weighted by Crippen LogP contribution is -2.52. The van der Waals surface area contributed by atoms with Crippen LogP contribution < -0.4 is 0 Å². The van der Waals surface area contributed by atoms with Gasteiger partial charge in [0.25, 0.3) is 0 Å². The van der Waals surface area contributed by atoms with E-state index in [0.717, 1.165) is 19.3 Å². The van der Waals surface area contributed by atoms with E-state index in [4.69, 9.17) is 4.74 Å². The van der Waals surface area contributed by atoms with Crippen molar-refractivity contribution in [3.8, 4) is 0 Å². The molecule has 3 N–H and O–H groups in total. The van der Waals surface area contributed by atoms with Gasteiger partial charge in [-0.1, -0.05) is 43.2 Å². The van der Waals surface area contributed by atoms with Crippen LogP contribution in [0.3, 0.4) is 0 Å². The Labute approximate surface area is 193 Å². The van der Waals surface area contributed by atoms with Crippen LogP contribution in [0, 0.1) is 22.7 Å². The molecule has 32 heavy (non-hydrogen) atoms. The first-order valence-corrected chi connectivity index (χ1v) is 12.3. The second-order valence-corrected chi connectivity index (χ2v) is 12.2. The average Bonchev–Trinajstić information content (AvgIpc) is 3.04. The Balaban J connectivity index is 1.57. The third-order valence-electron chi connectivity index (χ3n) is 8.96. The molecule has 4 rings (SSSR count). The first kappa shape index (κ1) is 23.8. The molecule has 0 amide bonds. The monoisotopic (exact) mass is 442 g/mol. The lowest BCUT2D eigenvalue weighted by molar-refractivity contribution is -0.0508. The van der Waals surface area contributed by atoms with E-state index in [1.165, 1.54) is 16.7 Å². The summed E-state index contributed by atoms with van der Waals surface area (Å²) in [5, 5.41) is 31.2. The minimum atomic E-state index is -0.734. The largest absolute Gasteiger partial charge is 0.491 e. The van der Waals surface area contributed by atoms with Crippen molar-refractivity contribution in [3.63, 3.8) is 0 Å². The summed E-state index contributed by atoms with van der Waals surface area (Å²) in [6.07, 6.45) is 14.5. The number of hydrogen-bond donors (Lipinski definition) is 3. The zero-order valence-corrected chi connectivity index (χ0v) is 20.7. The smallest absolute Gasteiger partial charge is 0.124 e. The van der Waals surface area contributed by atoms with Crippen LogP contribution in [0.2, 0.25) is 0 Å². The van der Waals surface area contributed by atoms with Gasteiger partial charge in [-0.3, -0.25) is 0 Å². The van der Waals surface area contributed by atoms with Gasteiger partial charge < -0.3 is 20.1 Å². The summed E-state index contributed by atoms with van der Waals surface area (Å²) in [6.45, 7) is 12.5. The highest BCUT2D eigenvalue weighted by atomic mass is 16.5. The molecule has 4 aliphatic carbocycles. The number of rotatable bonds is 5. The second-order valence-electron chi connectivity index (χ2n) is 12.2. The summed E-state index contributed by atoms with van der Waals surface area (Å²) in [4.78, 5) is 0. The van der Waals surface area contributed by atoms with Gasteiger partial charge in [0.05, 0.1) is 24.1 Å². The van der Waals surface area contributed by atoms with Crippen molar-refractivity contribution in [2.75, 3.05) is 0 Å². The quantitative estimate of drug-likeness (QED) is 0.404. The molecule has 0 radical (unpaired) electrons. The molecule has 6 atom stereocenters. The average molecular weight is 443 g/mol. The lowest BCUT2D eigenvalue weighted by atomic mass is 9.49. The van der Waals surface area contributed by atoms with Crippen molar-refractivity contribution in [3.05, 3.63) is 47.3 Å². The topological polar surface area (TPSA) is 69.9 Å². The molecule has 0 unspecified atom stereocenters. The van der Waals surface area contributed by atoms with Crippen LogP contribution in [0.15, 0.2) is 47.3 Å². The van der Waals surface area contributed by atoms with E-state index in [2.05, 4.69) is 45.9 Å². The third-order valence-corrected chi connectivity index (χ3v) is 8.96. The van der Waals surface area contributed by atoms with Gasteiger partial charge in [0, 0.05) is 11.8 Å². The van der Waals surface area contributed by atoms with E-state index in [9.17, 15) is 15.3 Å². The molecule has 4 nitrogen and oxygen atoms in total. The van der Waals surface area contributed by atoms with Gasteiger partial charge in [0.15, 0.2) is 0 Å². The summed E-state index contributed by atoms with van der Waals surface area (Å²) in [7, 11) is 0. The van der Waals surface area contributed by atoms with E-state index in [0.29, 0.717) is 31.1 Å². The van der Waals surface area contributed by atoms with E-state index < -0.39 is 23.4 Å². The van der Waals surface area contributed by atoms with E-state index in [1.807, 2.05) is 6.08 Å². The molecule has 2 fully saturated rings. The fourth-order valence-electron chi connectivity index (χ4n) is 7.19. The van der Waals surface area contributed by atoms with Crippen LogP contribution in [0.1, 0.15) is 80.1 Å². The molecule has 178 valence electrons. The van der Waals surface area contributed by atoms with Crippen LogP contribution in [-0.4, -0.2) is 38.7 Å². The Hall–Kier alpha value is -1.36. The molecule has 0 aromatic heterocycles. The first-order chi connectivity index (χ1) is 14.8. The van der Waals surface area contributed by atoms with E-state index in [1.54, 1.807) is 20.1 Å². The summed E-state index contributed by atoms with van der Waals surface area (Å²) in [6, 6.07) is 0. The van der Waals surface area contributed by atoms with Gasteiger partial charge in [-0.25, -0.2) is 0 Å². The van der Waals surface area contributed by atoms with Crippen molar-refractivity contribution in [1.29, 1.82) is 0 Å². The van der Waals surface area contributed by atoms with E-state index in [-0.39, 0.29) is 10.8 Å². The van der Waals surface area contributed by atoms with Gasteiger partial charge in [-0.2, -0.15) is 0 Å². The highest BCUT2D eigenvalue weighted by Gasteiger charge is 2.58. The van der Waals surface area contributed by atoms with Crippen molar-refractivity contribution >= 4 is 0 Å². The van der Waals surface area contributed by atoms with Crippen LogP contribution in [0.4, 0.5) is 0 Å². The Kier molecular flexibility index (Phi) is 5.84. The summed E-state index contributed by atoms with van der Waals surface area (Å²) in [5.74, 6) is 0.764. The number of aliphatic hydroxyl groups excluding tert-OH is 2. The molecule has 0 aromatic carbocycles. The Morgan fingerprint density at radius 3 is 2.53 bits per heavy atom. The summed E-state index contributed by atoms with van der Waals surface area (Å²) < 4.78 is 6.23. The molecular weight excluding hydrogens is 400 g/mol. The third kappa shape index (κ3) is 3.82. The Morgan fingerprint density at radius 2 is 1.84 bits per heavy atom. The number of hydrogen-bond acceptors (Lipinski definition) is 4. The lowest BCUT2D eigenvalue weighted by Gasteiger charge is -2.56. The number of allylic oxidation sites excluding steroid dienone is 4. The summed E-state index contributed by atoms with van der Waals surface area (Å²) >= 11 is 0. The van der Waals surface area contributed by atoms with E-state index >= 15 is 0 Å². The maximum atomic E-state index is 11.1.